The Bertz CT molecular complexity index is 677. The highest BCUT2D eigenvalue weighted by atomic mass is 35.5. The smallest absolute Gasteiger partial charge is 0.168 e. The first-order chi connectivity index (χ1) is 13.3. The summed E-state index contributed by atoms with van der Waals surface area (Å²) in [6.45, 7) is 7.69. The zero-order chi connectivity index (χ0) is 18.5. The second-order valence-electron chi connectivity index (χ2n) is 7.94. The molecule has 2 fully saturated rings. The number of aromatic nitrogens is 4. The van der Waals surface area contributed by atoms with Crippen molar-refractivity contribution in [3.63, 3.8) is 0 Å². The molecule has 8 heteroatoms. The molecule has 4 rings (SSSR count). The molecule has 1 aliphatic heterocycles. The van der Waals surface area contributed by atoms with Crippen LogP contribution in [0.1, 0.15) is 68.6 Å². The van der Waals surface area contributed by atoms with E-state index in [1.54, 1.807) is 11.3 Å². The Morgan fingerprint density at radius 3 is 2.61 bits per heavy atom. The standard InChI is InChI=1S/C20H32N6S.ClH/c1-2-7-19(20-21-22-23-26(20)16-18-10-6-15-27-18)25-13-11-24(12-14-25)17-8-4-3-5-9-17;/h6,10,15,17,19H,2-5,7-9,11-14,16H2,1H3;1H. The van der Waals surface area contributed by atoms with Gasteiger partial charge in [-0.1, -0.05) is 38.7 Å². The molecule has 0 radical (unpaired) electrons. The van der Waals surface area contributed by atoms with Crippen LogP contribution in [0.4, 0.5) is 0 Å². The summed E-state index contributed by atoms with van der Waals surface area (Å²) in [4.78, 5) is 6.67. The van der Waals surface area contributed by atoms with Gasteiger partial charge in [0.1, 0.15) is 0 Å². The number of piperazine rings is 1. The minimum Gasteiger partial charge on any atom is -0.298 e. The van der Waals surface area contributed by atoms with Crippen LogP contribution in [0.3, 0.4) is 0 Å². The molecule has 1 atom stereocenters. The Morgan fingerprint density at radius 1 is 1.14 bits per heavy atom. The van der Waals surface area contributed by atoms with Gasteiger partial charge in [-0.15, -0.1) is 28.8 Å². The Hall–Kier alpha value is -1.02. The molecular formula is C20H33ClN6S. The Balaban J connectivity index is 0.00000225. The minimum atomic E-state index is 0. The normalized spacial score (nSPS) is 20.8. The van der Waals surface area contributed by atoms with E-state index < -0.39 is 0 Å². The minimum absolute atomic E-state index is 0. The quantitative estimate of drug-likeness (QED) is 0.672. The summed E-state index contributed by atoms with van der Waals surface area (Å²) in [5, 5.41) is 14.9. The fourth-order valence-corrected chi connectivity index (χ4v) is 5.41. The van der Waals surface area contributed by atoms with Gasteiger partial charge in [0.2, 0.25) is 0 Å². The van der Waals surface area contributed by atoms with E-state index in [1.807, 2.05) is 4.68 Å². The summed E-state index contributed by atoms with van der Waals surface area (Å²) in [6.07, 6.45) is 9.34. The molecule has 2 aromatic rings. The molecule has 2 aliphatic rings. The van der Waals surface area contributed by atoms with Gasteiger partial charge in [-0.05, 0) is 41.1 Å². The van der Waals surface area contributed by atoms with Gasteiger partial charge in [-0.3, -0.25) is 9.80 Å². The lowest BCUT2D eigenvalue weighted by Gasteiger charge is -2.43. The van der Waals surface area contributed by atoms with E-state index in [4.69, 9.17) is 0 Å². The summed E-state index contributed by atoms with van der Waals surface area (Å²) in [5.74, 6) is 1.04. The Labute approximate surface area is 178 Å². The monoisotopic (exact) mass is 424 g/mol. The maximum atomic E-state index is 4.45. The third-order valence-corrected chi connectivity index (χ3v) is 7.05. The van der Waals surface area contributed by atoms with Crippen molar-refractivity contribution in [3.05, 3.63) is 28.2 Å². The predicted molar refractivity (Wildman–Crippen MR) is 116 cm³/mol. The van der Waals surface area contributed by atoms with Crippen molar-refractivity contribution >= 4 is 23.7 Å². The highest BCUT2D eigenvalue weighted by Gasteiger charge is 2.31. The topological polar surface area (TPSA) is 50.1 Å². The average molecular weight is 425 g/mol. The zero-order valence-electron chi connectivity index (χ0n) is 16.9. The maximum absolute atomic E-state index is 4.45. The van der Waals surface area contributed by atoms with Crippen LogP contribution in [-0.4, -0.2) is 62.2 Å². The summed E-state index contributed by atoms with van der Waals surface area (Å²) in [5.41, 5.74) is 0. The van der Waals surface area contributed by atoms with Crippen LogP contribution in [0, 0.1) is 0 Å². The van der Waals surface area contributed by atoms with Crippen LogP contribution in [0.5, 0.6) is 0 Å². The zero-order valence-corrected chi connectivity index (χ0v) is 18.5. The predicted octanol–water partition coefficient (Wildman–Crippen LogP) is 4.00. The molecule has 0 spiro atoms. The number of tetrazole rings is 1. The van der Waals surface area contributed by atoms with Crippen molar-refractivity contribution in [3.8, 4) is 0 Å². The molecular weight excluding hydrogens is 392 g/mol. The van der Waals surface area contributed by atoms with Crippen molar-refractivity contribution in [2.45, 2.75) is 70.5 Å². The molecule has 28 heavy (non-hydrogen) atoms. The average Bonchev–Trinajstić information content (AvgIpc) is 3.40. The van der Waals surface area contributed by atoms with Crippen LogP contribution >= 0.6 is 23.7 Å². The van der Waals surface area contributed by atoms with Gasteiger partial charge >= 0.3 is 0 Å². The second kappa shape index (κ2) is 10.7. The lowest BCUT2D eigenvalue weighted by atomic mass is 9.93. The first-order valence-corrected chi connectivity index (χ1v) is 11.5. The van der Waals surface area contributed by atoms with E-state index in [-0.39, 0.29) is 12.4 Å². The van der Waals surface area contributed by atoms with E-state index in [9.17, 15) is 0 Å². The van der Waals surface area contributed by atoms with E-state index in [0.717, 1.165) is 44.3 Å². The van der Waals surface area contributed by atoms with Gasteiger partial charge in [0.15, 0.2) is 5.82 Å². The van der Waals surface area contributed by atoms with Crippen LogP contribution in [0.25, 0.3) is 0 Å². The van der Waals surface area contributed by atoms with E-state index in [1.165, 1.54) is 50.1 Å². The van der Waals surface area contributed by atoms with Crippen molar-refractivity contribution in [2.24, 2.45) is 0 Å². The van der Waals surface area contributed by atoms with Crippen molar-refractivity contribution in [1.29, 1.82) is 0 Å². The molecule has 0 aromatic carbocycles. The molecule has 1 saturated carbocycles. The molecule has 156 valence electrons. The number of nitrogens with zero attached hydrogens (tertiary/aromatic N) is 6. The summed E-state index contributed by atoms with van der Waals surface area (Å²) in [7, 11) is 0. The van der Waals surface area contributed by atoms with Crippen LogP contribution in [0.2, 0.25) is 0 Å². The van der Waals surface area contributed by atoms with E-state index in [2.05, 4.69) is 49.8 Å². The highest BCUT2D eigenvalue weighted by molar-refractivity contribution is 7.09. The molecule has 1 aliphatic carbocycles. The van der Waals surface area contributed by atoms with Gasteiger partial charge in [-0.2, -0.15) is 0 Å². The van der Waals surface area contributed by atoms with Gasteiger partial charge in [0.05, 0.1) is 12.6 Å². The number of hydrogen-bond donors (Lipinski definition) is 0. The van der Waals surface area contributed by atoms with Crippen LogP contribution in [0.15, 0.2) is 17.5 Å². The van der Waals surface area contributed by atoms with E-state index >= 15 is 0 Å². The van der Waals surface area contributed by atoms with Gasteiger partial charge in [0, 0.05) is 37.1 Å². The Morgan fingerprint density at radius 2 is 1.93 bits per heavy atom. The van der Waals surface area contributed by atoms with Crippen LogP contribution in [-0.2, 0) is 6.54 Å². The van der Waals surface area contributed by atoms with E-state index in [0.29, 0.717) is 6.04 Å². The first-order valence-electron chi connectivity index (χ1n) is 10.6. The molecule has 1 saturated heterocycles. The number of thiophene rings is 1. The number of rotatable bonds is 7. The van der Waals surface area contributed by atoms with Gasteiger partial charge in [-0.25, -0.2) is 4.68 Å². The van der Waals surface area contributed by atoms with Crippen LogP contribution < -0.4 is 0 Å². The van der Waals surface area contributed by atoms with Gasteiger partial charge < -0.3 is 0 Å². The summed E-state index contributed by atoms with van der Waals surface area (Å²) >= 11 is 1.77. The molecule has 0 bridgehead atoms. The SMILES string of the molecule is CCCC(c1nnnn1Cc1cccs1)N1CCN(C2CCCCC2)CC1.Cl. The third-order valence-electron chi connectivity index (χ3n) is 6.19. The van der Waals surface area contributed by atoms with Crippen molar-refractivity contribution in [2.75, 3.05) is 26.2 Å². The third kappa shape index (κ3) is 5.12. The summed E-state index contributed by atoms with van der Waals surface area (Å²) in [6, 6.07) is 5.42. The largest absolute Gasteiger partial charge is 0.298 e. The molecule has 0 amide bonds. The molecule has 1 unspecified atom stereocenters. The van der Waals surface area contributed by atoms with Crippen molar-refractivity contribution in [1.82, 2.24) is 30.0 Å². The fourth-order valence-electron chi connectivity index (χ4n) is 4.72. The van der Waals surface area contributed by atoms with Gasteiger partial charge in [0.25, 0.3) is 0 Å². The number of halogens is 1. The summed E-state index contributed by atoms with van der Waals surface area (Å²) < 4.78 is 2.01. The Kier molecular flexibility index (Phi) is 8.26. The maximum Gasteiger partial charge on any atom is 0.168 e. The molecule has 6 nitrogen and oxygen atoms in total. The molecule has 2 aromatic heterocycles. The number of hydrogen-bond acceptors (Lipinski definition) is 6. The second-order valence-corrected chi connectivity index (χ2v) is 8.97. The molecule has 0 N–H and O–H groups in total. The molecule has 3 heterocycles. The lowest BCUT2D eigenvalue weighted by molar-refractivity contribution is 0.0501. The van der Waals surface area contributed by atoms with Crippen molar-refractivity contribution < 1.29 is 0 Å². The first kappa shape index (κ1) is 21.7. The fraction of sp³-hybridized carbons (Fsp3) is 0.750. The highest BCUT2D eigenvalue weighted by Crippen LogP contribution is 2.28. The lowest BCUT2D eigenvalue weighted by Crippen LogP contribution is -2.51.